The van der Waals surface area contributed by atoms with Gasteiger partial charge in [0.1, 0.15) is 0 Å². The maximum absolute atomic E-state index is 11.2. The molecule has 4 aromatic heterocycles. The summed E-state index contributed by atoms with van der Waals surface area (Å²) in [7, 11) is 0. The molecule has 83 heavy (non-hydrogen) atoms. The van der Waals surface area contributed by atoms with Crippen molar-refractivity contribution >= 4 is 65.4 Å². The lowest BCUT2D eigenvalue weighted by Gasteiger charge is -2.22. The number of para-hydroxylation sites is 4. The summed E-state index contributed by atoms with van der Waals surface area (Å²) in [4.78, 5) is 15.4. The molecule has 0 amide bonds. The molecule has 10 heteroatoms. The number of nitriles is 4. The molecule has 0 atom stereocenters. The predicted molar refractivity (Wildman–Crippen MR) is 329 cm³/mol. The van der Waals surface area contributed by atoms with Crippen LogP contribution in [0.5, 0.6) is 0 Å². The topological polar surface area (TPSA) is 149 Å². The van der Waals surface area contributed by atoms with Gasteiger partial charge in [0.25, 0.3) is 0 Å². The van der Waals surface area contributed by atoms with Crippen LogP contribution >= 0.6 is 0 Å². The monoisotopic (exact) mass is 1060 g/mol. The van der Waals surface area contributed by atoms with Crippen LogP contribution in [0, 0.1) is 45.3 Å². The molecule has 15 aromatic rings. The van der Waals surface area contributed by atoms with Crippen molar-refractivity contribution in [1.82, 2.24) is 28.7 Å². The first-order chi connectivity index (χ1) is 41.0. The van der Waals surface area contributed by atoms with Crippen LogP contribution in [0.15, 0.2) is 243 Å². The summed E-state index contributed by atoms with van der Waals surface area (Å²) in [6.45, 7) is 0. The van der Waals surface area contributed by atoms with Crippen molar-refractivity contribution in [2.24, 2.45) is 0 Å². The van der Waals surface area contributed by atoms with Crippen LogP contribution in [0.1, 0.15) is 22.3 Å². The number of benzene rings is 11. The fraction of sp³-hybridized carbons (Fsp3) is 0. The van der Waals surface area contributed by atoms with E-state index in [2.05, 4.69) is 171 Å². The van der Waals surface area contributed by atoms with Gasteiger partial charge in [0.05, 0.1) is 85.3 Å². The Morgan fingerprint density at radius 1 is 0.265 bits per heavy atom. The molecule has 0 saturated heterocycles. The molecule has 0 unspecified atom stereocenters. The third-order valence-corrected chi connectivity index (χ3v) is 15.8. The molecule has 15 rings (SSSR count). The molecule has 382 valence electrons. The number of rotatable bonds is 8. The minimum Gasteiger partial charge on any atom is -0.309 e. The SMILES string of the molecule is N#Cc1ccc(-c2cc(-c3nc(-c4ccccc4)nc(-c4ccccc4)n3)cc(-c3ccc(C#N)cc3C#N)c2-n2c3ccc(-n4c5ccccc5c5ccccc54)cc3c3cc(-n4c5ccccc5c5ccccc54)ccc32)c(C#N)c1. The smallest absolute Gasteiger partial charge is 0.164 e. The van der Waals surface area contributed by atoms with Crippen molar-refractivity contribution in [2.45, 2.75) is 0 Å². The average molecular weight is 1060 g/mol. The van der Waals surface area contributed by atoms with Crippen molar-refractivity contribution in [1.29, 1.82) is 21.0 Å². The number of aromatic nitrogens is 6. The standard InChI is InChI=1S/C73H40N10/c74-41-45-27-31-54(50(35-45)43-76)62-37-49(73-79-71(47-15-3-1-4-16-47)78-72(80-73)48-17-5-2-6-18-48)38-63(55-32-28-46(42-75)36-51(55)44-77)70(62)83-68-33-29-52(81-64-23-11-7-19-56(64)57-20-8-12-24-65(57)81)39-60(68)61-40-53(30-34-69(61)83)82-66-25-13-9-21-58(66)59-22-10-14-26-67(59)82/h1-40H. The highest BCUT2D eigenvalue weighted by atomic mass is 15.0. The van der Waals surface area contributed by atoms with Crippen LogP contribution in [0.3, 0.4) is 0 Å². The van der Waals surface area contributed by atoms with Crippen molar-refractivity contribution in [3.8, 4) is 97.8 Å². The molecule has 0 saturated carbocycles. The Kier molecular flexibility index (Phi) is 11.2. The van der Waals surface area contributed by atoms with Gasteiger partial charge in [-0.15, -0.1) is 0 Å². The molecule has 10 nitrogen and oxygen atoms in total. The first-order valence-corrected chi connectivity index (χ1v) is 27.0. The van der Waals surface area contributed by atoms with E-state index >= 15 is 0 Å². The largest absolute Gasteiger partial charge is 0.309 e. The van der Waals surface area contributed by atoms with Crippen molar-refractivity contribution in [3.63, 3.8) is 0 Å². The van der Waals surface area contributed by atoms with Gasteiger partial charge in [-0.05, 0) is 97.1 Å². The third-order valence-electron chi connectivity index (χ3n) is 15.8. The lowest BCUT2D eigenvalue weighted by Crippen LogP contribution is -2.05. The van der Waals surface area contributed by atoms with Gasteiger partial charge in [0, 0.05) is 82.6 Å². The van der Waals surface area contributed by atoms with E-state index in [-0.39, 0.29) is 11.1 Å². The maximum Gasteiger partial charge on any atom is 0.164 e. The molecular weight excluding hydrogens is 1020 g/mol. The van der Waals surface area contributed by atoms with Crippen LogP contribution in [-0.2, 0) is 0 Å². The van der Waals surface area contributed by atoms with E-state index in [1.165, 1.54) is 0 Å². The summed E-state index contributed by atoms with van der Waals surface area (Å²) in [5, 5.41) is 49.3. The van der Waals surface area contributed by atoms with Crippen LogP contribution in [0.4, 0.5) is 0 Å². The molecule has 11 aromatic carbocycles. The fourth-order valence-electron chi connectivity index (χ4n) is 12.2. The van der Waals surface area contributed by atoms with Crippen LogP contribution in [-0.4, -0.2) is 28.7 Å². The number of hydrogen-bond donors (Lipinski definition) is 0. The molecule has 0 radical (unpaired) electrons. The van der Waals surface area contributed by atoms with Gasteiger partial charge in [0.2, 0.25) is 0 Å². The van der Waals surface area contributed by atoms with E-state index in [0.717, 1.165) is 87.9 Å². The Morgan fingerprint density at radius 3 is 0.988 bits per heavy atom. The lowest BCUT2D eigenvalue weighted by atomic mass is 9.88. The Hall–Kier alpha value is -12.2. The van der Waals surface area contributed by atoms with Gasteiger partial charge in [-0.2, -0.15) is 21.0 Å². The maximum atomic E-state index is 11.2. The minimum absolute atomic E-state index is 0.266. The van der Waals surface area contributed by atoms with Crippen molar-refractivity contribution in [2.75, 3.05) is 0 Å². The molecule has 0 aliphatic carbocycles. The summed E-state index contributed by atoms with van der Waals surface area (Å²) >= 11 is 0. The molecule has 0 N–H and O–H groups in total. The Morgan fingerprint density at radius 2 is 0.614 bits per heavy atom. The first kappa shape index (κ1) is 48.0. The Labute approximate surface area is 475 Å². The lowest BCUT2D eigenvalue weighted by molar-refractivity contribution is 1.07. The molecule has 0 spiro atoms. The number of hydrogen-bond acceptors (Lipinski definition) is 7. The summed E-state index contributed by atoms with van der Waals surface area (Å²) in [6.07, 6.45) is 0. The third kappa shape index (κ3) is 7.72. The van der Waals surface area contributed by atoms with Gasteiger partial charge in [-0.25, -0.2) is 15.0 Å². The Bertz CT molecular complexity index is 4950. The van der Waals surface area contributed by atoms with Gasteiger partial charge in [-0.1, -0.05) is 146 Å². The second-order valence-electron chi connectivity index (χ2n) is 20.4. The fourth-order valence-corrected chi connectivity index (χ4v) is 12.2. The van der Waals surface area contributed by atoms with E-state index in [1.54, 1.807) is 24.3 Å². The van der Waals surface area contributed by atoms with Crippen LogP contribution in [0.25, 0.3) is 139 Å². The number of nitrogens with zero attached hydrogens (tertiary/aromatic N) is 10. The summed E-state index contributed by atoms with van der Waals surface area (Å²) in [6, 6.07) is 90.3. The molecule has 0 aliphatic rings. The second kappa shape index (κ2) is 19.3. The molecule has 0 fully saturated rings. The van der Waals surface area contributed by atoms with Gasteiger partial charge >= 0.3 is 0 Å². The summed E-state index contributed by atoms with van der Waals surface area (Å²) < 4.78 is 6.88. The van der Waals surface area contributed by atoms with E-state index < -0.39 is 0 Å². The summed E-state index contributed by atoms with van der Waals surface area (Å²) in [5.74, 6) is 1.25. The minimum atomic E-state index is 0.266. The van der Waals surface area contributed by atoms with E-state index in [0.29, 0.717) is 62.1 Å². The van der Waals surface area contributed by atoms with Crippen molar-refractivity contribution in [3.05, 3.63) is 265 Å². The zero-order chi connectivity index (χ0) is 55.7. The molecular formula is C73H40N10. The van der Waals surface area contributed by atoms with E-state index in [1.807, 2.05) is 84.9 Å². The van der Waals surface area contributed by atoms with Gasteiger partial charge in [-0.3, -0.25) is 0 Å². The first-order valence-electron chi connectivity index (χ1n) is 27.0. The van der Waals surface area contributed by atoms with Crippen molar-refractivity contribution < 1.29 is 0 Å². The highest BCUT2D eigenvalue weighted by Gasteiger charge is 2.27. The highest BCUT2D eigenvalue weighted by Crippen LogP contribution is 2.47. The molecule has 0 aliphatic heterocycles. The predicted octanol–water partition coefficient (Wildman–Crippen LogP) is 17.0. The quantitative estimate of drug-likeness (QED) is 0.147. The summed E-state index contributed by atoms with van der Waals surface area (Å²) in [5.41, 5.74) is 14.1. The number of fused-ring (bicyclic) bond motifs is 9. The van der Waals surface area contributed by atoms with Crippen LogP contribution < -0.4 is 0 Å². The molecule has 4 heterocycles. The Balaban J connectivity index is 1.10. The van der Waals surface area contributed by atoms with E-state index in [9.17, 15) is 21.0 Å². The second-order valence-corrected chi connectivity index (χ2v) is 20.4. The molecule has 0 bridgehead atoms. The highest BCUT2D eigenvalue weighted by molar-refractivity contribution is 6.15. The van der Waals surface area contributed by atoms with E-state index in [4.69, 9.17) is 15.0 Å². The normalized spacial score (nSPS) is 11.3. The van der Waals surface area contributed by atoms with Crippen LogP contribution in [0.2, 0.25) is 0 Å². The van der Waals surface area contributed by atoms with Gasteiger partial charge in [0.15, 0.2) is 17.5 Å². The average Bonchev–Trinajstić information content (AvgIpc) is 2.24. The zero-order valence-corrected chi connectivity index (χ0v) is 44.1. The zero-order valence-electron chi connectivity index (χ0n) is 44.1. The van der Waals surface area contributed by atoms with Gasteiger partial charge < -0.3 is 13.7 Å².